The van der Waals surface area contributed by atoms with Gasteiger partial charge in [-0.2, -0.15) is 13.4 Å². The minimum Gasteiger partial charge on any atom is -0.266 e. The number of aliphatic imine (C=N–C) groups is 1. The number of hydrogen-bond acceptors (Lipinski definition) is 3. The van der Waals surface area contributed by atoms with Gasteiger partial charge >= 0.3 is 0 Å². The molecular formula is C9H5NO3S. The first-order valence-corrected chi connectivity index (χ1v) is 4.67. The molecule has 1 rings (SSSR count). The Kier molecular flexibility index (Phi) is 3.58. The molecule has 0 saturated heterocycles. The van der Waals surface area contributed by atoms with Crippen LogP contribution in [-0.4, -0.2) is 25.2 Å². The lowest BCUT2D eigenvalue weighted by Gasteiger charge is -1.89. The molecule has 5 heteroatoms. The van der Waals surface area contributed by atoms with Gasteiger partial charge in [-0.3, -0.25) is 4.79 Å². The van der Waals surface area contributed by atoms with Gasteiger partial charge in [-0.25, -0.2) is 0 Å². The highest BCUT2D eigenvalue weighted by Crippen LogP contribution is 1.99. The van der Waals surface area contributed by atoms with Crippen molar-refractivity contribution in [1.29, 1.82) is 0 Å². The highest BCUT2D eigenvalue weighted by molar-refractivity contribution is 7.71. The zero-order valence-corrected chi connectivity index (χ0v) is 7.78. The summed E-state index contributed by atoms with van der Waals surface area (Å²) in [7, 11) is -2.50. The monoisotopic (exact) mass is 207 g/mol. The summed E-state index contributed by atoms with van der Waals surface area (Å²) < 4.78 is 19.9. The number of hydrogen-bond donors (Lipinski definition) is 0. The number of nitrogens with zero attached hydrogens (tertiary/aromatic N) is 1. The van der Waals surface area contributed by atoms with Crippen LogP contribution >= 0.6 is 0 Å². The van der Waals surface area contributed by atoms with Gasteiger partial charge in [-0.1, -0.05) is 18.2 Å². The number of carbonyl (C=O) groups excluding carboxylic acids is 1. The predicted octanol–water partition coefficient (Wildman–Crippen LogP) is 0.333. The Morgan fingerprint density at radius 2 is 1.86 bits per heavy atom. The normalized spacial score (nSPS) is 8.29. The molecule has 70 valence electrons. The van der Waals surface area contributed by atoms with Gasteiger partial charge in [0.05, 0.1) is 10.9 Å². The third-order valence-corrected chi connectivity index (χ3v) is 1.57. The Labute approximate surface area is 81.8 Å². The minimum absolute atomic E-state index is 0.374. The fourth-order valence-electron chi connectivity index (χ4n) is 0.756. The van der Waals surface area contributed by atoms with E-state index >= 15 is 0 Å². The van der Waals surface area contributed by atoms with E-state index in [1.165, 1.54) is 0 Å². The van der Waals surface area contributed by atoms with E-state index in [4.69, 9.17) is 0 Å². The molecular weight excluding hydrogens is 202 g/mol. The van der Waals surface area contributed by atoms with E-state index in [0.717, 1.165) is 0 Å². The molecule has 0 bridgehead atoms. The summed E-state index contributed by atoms with van der Waals surface area (Å²) in [6.45, 7) is 0. The number of rotatable bonds is 1. The Morgan fingerprint density at radius 1 is 1.21 bits per heavy atom. The van der Waals surface area contributed by atoms with Gasteiger partial charge < -0.3 is 0 Å². The Bertz CT molecular complexity index is 525. The van der Waals surface area contributed by atoms with Crippen LogP contribution in [-0.2, 0) is 10.3 Å². The molecule has 0 saturated carbocycles. The van der Waals surface area contributed by atoms with Crippen molar-refractivity contribution in [1.82, 2.24) is 0 Å². The topological polar surface area (TPSA) is 63.6 Å². The first kappa shape index (κ1) is 10.2. The van der Waals surface area contributed by atoms with Crippen LogP contribution in [0, 0.1) is 0 Å². The highest BCUT2D eigenvalue weighted by Gasteiger charge is 1.99. The van der Waals surface area contributed by atoms with E-state index in [1.807, 2.05) is 5.87 Å². The molecule has 0 aliphatic rings. The highest BCUT2D eigenvalue weighted by atomic mass is 32.2. The molecule has 1 amide bonds. The zero-order chi connectivity index (χ0) is 10.4. The Balaban J connectivity index is 3.01. The van der Waals surface area contributed by atoms with Crippen molar-refractivity contribution in [3.63, 3.8) is 0 Å². The van der Waals surface area contributed by atoms with Crippen LogP contribution in [0.4, 0.5) is 0 Å². The molecule has 0 aliphatic carbocycles. The van der Waals surface area contributed by atoms with Crippen LogP contribution in [0.5, 0.6) is 0 Å². The second kappa shape index (κ2) is 4.94. The second-order valence-electron chi connectivity index (χ2n) is 2.23. The standard InChI is InChI=1S/C9H5NO3S/c11-9(10-6-7-14(12)13)8-4-2-1-3-5-8/h1-5H. The van der Waals surface area contributed by atoms with Gasteiger partial charge in [-0.15, -0.1) is 0 Å². The summed E-state index contributed by atoms with van der Waals surface area (Å²) in [5.41, 5.74) is 0.374. The van der Waals surface area contributed by atoms with Crippen molar-refractivity contribution in [2.45, 2.75) is 0 Å². The maximum Gasteiger partial charge on any atom is 0.285 e. The smallest absolute Gasteiger partial charge is 0.266 e. The molecule has 0 heterocycles. The van der Waals surface area contributed by atoms with Gasteiger partial charge in [0.1, 0.15) is 0 Å². The summed E-state index contributed by atoms with van der Waals surface area (Å²) >= 11 is 0. The van der Waals surface area contributed by atoms with Crippen molar-refractivity contribution in [2.24, 2.45) is 4.99 Å². The lowest BCUT2D eigenvalue weighted by molar-refractivity contribution is 0.100. The molecule has 1 aromatic carbocycles. The maximum absolute atomic E-state index is 11.2. The SMILES string of the molecule is O=C(N=C=C=S(=O)=O)c1ccccc1. The van der Waals surface area contributed by atoms with E-state index < -0.39 is 16.2 Å². The summed E-state index contributed by atoms with van der Waals surface area (Å²) in [6.07, 6.45) is 0. The van der Waals surface area contributed by atoms with Crippen molar-refractivity contribution in [3.8, 4) is 0 Å². The Morgan fingerprint density at radius 3 is 2.43 bits per heavy atom. The predicted molar refractivity (Wildman–Crippen MR) is 52.1 cm³/mol. The van der Waals surface area contributed by atoms with Crippen LogP contribution in [0.3, 0.4) is 0 Å². The largest absolute Gasteiger partial charge is 0.285 e. The first-order valence-electron chi connectivity index (χ1n) is 3.60. The molecule has 0 N–H and O–H groups in total. The zero-order valence-electron chi connectivity index (χ0n) is 6.97. The second-order valence-corrected chi connectivity index (χ2v) is 2.91. The van der Waals surface area contributed by atoms with Crippen LogP contribution in [0.25, 0.3) is 0 Å². The number of benzene rings is 1. The average Bonchev–Trinajstić information content (AvgIpc) is 2.18. The molecule has 0 radical (unpaired) electrons. The molecule has 0 spiro atoms. The lowest BCUT2D eigenvalue weighted by Crippen LogP contribution is -1.92. The number of amides is 1. The van der Waals surface area contributed by atoms with Crippen LogP contribution < -0.4 is 0 Å². The van der Waals surface area contributed by atoms with E-state index in [-0.39, 0.29) is 0 Å². The molecule has 0 unspecified atom stereocenters. The minimum atomic E-state index is -2.50. The molecule has 0 atom stereocenters. The number of carbonyl (C=O) groups is 1. The van der Waals surface area contributed by atoms with E-state index in [2.05, 4.69) is 4.99 Å². The van der Waals surface area contributed by atoms with Gasteiger partial charge in [0, 0.05) is 5.56 Å². The molecule has 1 aromatic rings. The van der Waals surface area contributed by atoms with Crippen molar-refractivity contribution in [2.75, 3.05) is 0 Å². The fourth-order valence-corrected chi connectivity index (χ4v) is 0.876. The molecule has 0 fully saturated rings. The van der Waals surface area contributed by atoms with E-state index in [9.17, 15) is 13.2 Å². The quantitative estimate of drug-likeness (QED) is 0.492. The molecule has 14 heavy (non-hydrogen) atoms. The van der Waals surface area contributed by atoms with Crippen molar-refractivity contribution in [3.05, 3.63) is 35.9 Å². The fraction of sp³-hybridized carbons (Fsp3) is 0. The molecule has 0 aliphatic heterocycles. The summed E-state index contributed by atoms with van der Waals surface area (Å²) in [5.74, 6) is 1.34. The van der Waals surface area contributed by atoms with Crippen molar-refractivity contribution < 1.29 is 13.2 Å². The van der Waals surface area contributed by atoms with Gasteiger partial charge in [0.15, 0.2) is 0 Å². The summed E-state index contributed by atoms with van der Waals surface area (Å²) in [6, 6.07) is 8.27. The third kappa shape index (κ3) is 3.21. The lowest BCUT2D eigenvalue weighted by atomic mass is 10.2. The summed E-state index contributed by atoms with van der Waals surface area (Å²) in [5, 5.41) is 1.73. The Hall–Kier alpha value is -1.93. The van der Waals surface area contributed by atoms with Crippen LogP contribution in [0.1, 0.15) is 10.4 Å². The first-order chi connectivity index (χ1) is 6.70. The maximum atomic E-state index is 11.2. The van der Waals surface area contributed by atoms with E-state index in [0.29, 0.717) is 5.56 Å². The molecule has 4 nitrogen and oxygen atoms in total. The van der Waals surface area contributed by atoms with Crippen LogP contribution in [0.15, 0.2) is 35.3 Å². The van der Waals surface area contributed by atoms with Gasteiger partial charge in [0.25, 0.3) is 16.2 Å². The average molecular weight is 207 g/mol. The summed E-state index contributed by atoms with van der Waals surface area (Å²) in [4.78, 5) is 14.4. The van der Waals surface area contributed by atoms with Crippen molar-refractivity contribution >= 4 is 27.1 Å². The van der Waals surface area contributed by atoms with Gasteiger partial charge in [-0.05, 0) is 12.1 Å². The van der Waals surface area contributed by atoms with Gasteiger partial charge in [0.2, 0.25) is 0 Å². The van der Waals surface area contributed by atoms with Crippen LogP contribution in [0.2, 0.25) is 0 Å². The molecule has 0 aromatic heterocycles. The third-order valence-electron chi connectivity index (χ3n) is 1.31. The van der Waals surface area contributed by atoms with E-state index in [1.54, 1.807) is 35.4 Å².